The quantitative estimate of drug-likeness (QED) is 0.804. The van der Waals surface area contributed by atoms with E-state index in [4.69, 9.17) is 4.74 Å². The number of Topliss-reactive ketones (excluding diaryl/α,β-unsaturated/α-hetero) is 1. The van der Waals surface area contributed by atoms with Crippen molar-refractivity contribution in [2.24, 2.45) is 0 Å². The van der Waals surface area contributed by atoms with Gasteiger partial charge in [0.2, 0.25) is 5.91 Å². The van der Waals surface area contributed by atoms with Gasteiger partial charge in [0, 0.05) is 24.9 Å². The maximum Gasteiger partial charge on any atom is 0.223 e. The molecule has 0 spiro atoms. The van der Waals surface area contributed by atoms with Crippen LogP contribution >= 0.6 is 0 Å². The number of hydrogen-bond acceptors (Lipinski definition) is 3. The summed E-state index contributed by atoms with van der Waals surface area (Å²) in [6.45, 7) is 9.72. The minimum absolute atomic E-state index is 0.0301. The molecule has 0 aromatic heterocycles. The standard InChI is InChI=1S/C18H25NO3/c1-13-5-6-15(11-14(13)2)16(20)7-8-17(21)19-9-10-22-12-18(19,3)4/h5-6,11H,7-10,12H2,1-4H3. The summed E-state index contributed by atoms with van der Waals surface area (Å²) in [5, 5.41) is 0. The van der Waals surface area contributed by atoms with Crippen molar-refractivity contribution in [3.05, 3.63) is 34.9 Å². The number of aryl methyl sites for hydroxylation is 2. The lowest BCUT2D eigenvalue weighted by atomic mass is 9.99. The van der Waals surface area contributed by atoms with E-state index in [1.54, 1.807) is 0 Å². The molecule has 1 aliphatic heterocycles. The molecule has 0 N–H and O–H groups in total. The van der Waals surface area contributed by atoms with Gasteiger partial charge in [-0.05, 0) is 44.9 Å². The van der Waals surface area contributed by atoms with Crippen LogP contribution in [0.15, 0.2) is 18.2 Å². The lowest BCUT2D eigenvalue weighted by Gasteiger charge is -2.42. The second-order valence-corrected chi connectivity index (χ2v) is 6.63. The monoisotopic (exact) mass is 303 g/mol. The SMILES string of the molecule is Cc1ccc(C(=O)CCC(=O)N2CCOCC2(C)C)cc1C. The molecular weight excluding hydrogens is 278 g/mol. The number of amides is 1. The maximum absolute atomic E-state index is 12.4. The number of carbonyl (C=O) groups is 2. The van der Waals surface area contributed by atoms with Crippen molar-refractivity contribution in [2.75, 3.05) is 19.8 Å². The molecular formula is C18H25NO3. The Balaban J connectivity index is 1.95. The van der Waals surface area contributed by atoms with Gasteiger partial charge in [-0.2, -0.15) is 0 Å². The predicted molar refractivity (Wildman–Crippen MR) is 86.1 cm³/mol. The first-order chi connectivity index (χ1) is 10.3. The third-order valence-electron chi connectivity index (χ3n) is 4.34. The number of ketones is 1. The fourth-order valence-electron chi connectivity index (χ4n) is 2.74. The third kappa shape index (κ3) is 3.74. The van der Waals surface area contributed by atoms with Gasteiger partial charge in [-0.3, -0.25) is 9.59 Å². The van der Waals surface area contributed by atoms with Crippen LogP contribution in [-0.2, 0) is 9.53 Å². The number of carbonyl (C=O) groups excluding carboxylic acids is 2. The van der Waals surface area contributed by atoms with Crippen molar-refractivity contribution < 1.29 is 14.3 Å². The highest BCUT2D eigenvalue weighted by Crippen LogP contribution is 2.21. The molecule has 120 valence electrons. The molecule has 1 aromatic rings. The second kappa shape index (κ2) is 6.61. The van der Waals surface area contributed by atoms with E-state index in [0.717, 1.165) is 5.56 Å². The van der Waals surface area contributed by atoms with Crippen LogP contribution in [0.5, 0.6) is 0 Å². The Hall–Kier alpha value is -1.68. The molecule has 1 amide bonds. The van der Waals surface area contributed by atoms with Crippen LogP contribution in [0.1, 0.15) is 48.2 Å². The highest BCUT2D eigenvalue weighted by molar-refractivity contribution is 5.98. The number of ether oxygens (including phenoxy) is 1. The Morgan fingerprint density at radius 3 is 2.55 bits per heavy atom. The first-order valence-electron chi connectivity index (χ1n) is 7.80. The van der Waals surface area contributed by atoms with Gasteiger partial charge < -0.3 is 9.64 Å². The second-order valence-electron chi connectivity index (χ2n) is 6.63. The van der Waals surface area contributed by atoms with Crippen molar-refractivity contribution in [3.8, 4) is 0 Å². The highest BCUT2D eigenvalue weighted by Gasteiger charge is 2.33. The molecule has 0 saturated carbocycles. The van der Waals surface area contributed by atoms with Gasteiger partial charge >= 0.3 is 0 Å². The van der Waals surface area contributed by atoms with Crippen LogP contribution in [0.25, 0.3) is 0 Å². The van der Waals surface area contributed by atoms with Crippen molar-refractivity contribution in [3.63, 3.8) is 0 Å². The molecule has 2 rings (SSSR count). The molecule has 1 fully saturated rings. The number of nitrogens with zero attached hydrogens (tertiary/aromatic N) is 1. The zero-order valence-electron chi connectivity index (χ0n) is 13.9. The van der Waals surface area contributed by atoms with Crippen LogP contribution in [0.4, 0.5) is 0 Å². The number of benzene rings is 1. The zero-order chi connectivity index (χ0) is 16.3. The summed E-state index contributed by atoms with van der Waals surface area (Å²) in [4.78, 5) is 26.5. The smallest absolute Gasteiger partial charge is 0.223 e. The fourth-order valence-corrected chi connectivity index (χ4v) is 2.74. The van der Waals surface area contributed by atoms with Gasteiger partial charge in [0.25, 0.3) is 0 Å². The van der Waals surface area contributed by atoms with Crippen LogP contribution in [0.3, 0.4) is 0 Å². The highest BCUT2D eigenvalue weighted by atomic mass is 16.5. The lowest BCUT2D eigenvalue weighted by molar-refractivity contribution is -0.146. The summed E-state index contributed by atoms with van der Waals surface area (Å²) in [5.41, 5.74) is 2.67. The number of hydrogen-bond donors (Lipinski definition) is 0. The summed E-state index contributed by atoms with van der Waals surface area (Å²) >= 11 is 0. The van der Waals surface area contributed by atoms with Crippen LogP contribution in [0.2, 0.25) is 0 Å². The Morgan fingerprint density at radius 2 is 1.91 bits per heavy atom. The van der Waals surface area contributed by atoms with Gasteiger partial charge in [0.1, 0.15) is 0 Å². The van der Waals surface area contributed by atoms with Gasteiger partial charge in [0.05, 0.1) is 18.8 Å². The van der Waals surface area contributed by atoms with Gasteiger partial charge in [-0.25, -0.2) is 0 Å². The maximum atomic E-state index is 12.4. The number of morpholine rings is 1. The van der Waals surface area contributed by atoms with Crippen LogP contribution in [-0.4, -0.2) is 41.9 Å². The summed E-state index contributed by atoms with van der Waals surface area (Å²) < 4.78 is 5.42. The van der Waals surface area contributed by atoms with Crippen molar-refractivity contribution in [1.29, 1.82) is 0 Å². The van der Waals surface area contributed by atoms with Crippen LogP contribution < -0.4 is 0 Å². The molecule has 0 aliphatic carbocycles. The molecule has 0 unspecified atom stereocenters. The summed E-state index contributed by atoms with van der Waals surface area (Å²) in [7, 11) is 0. The largest absolute Gasteiger partial charge is 0.377 e. The molecule has 0 atom stereocenters. The zero-order valence-corrected chi connectivity index (χ0v) is 13.9. The Bertz CT molecular complexity index is 578. The average Bonchev–Trinajstić information content (AvgIpc) is 2.46. The first-order valence-corrected chi connectivity index (χ1v) is 7.80. The van der Waals surface area contributed by atoms with Crippen molar-refractivity contribution >= 4 is 11.7 Å². The Labute approximate surface area is 132 Å². The van der Waals surface area contributed by atoms with Gasteiger partial charge in [-0.1, -0.05) is 12.1 Å². The molecule has 1 aromatic carbocycles. The molecule has 1 heterocycles. The molecule has 4 heteroatoms. The summed E-state index contributed by atoms with van der Waals surface area (Å²) in [6.07, 6.45) is 0.518. The van der Waals surface area contributed by atoms with E-state index in [2.05, 4.69) is 0 Å². The summed E-state index contributed by atoms with van der Waals surface area (Å²) in [5.74, 6) is 0.0630. The molecule has 22 heavy (non-hydrogen) atoms. The molecule has 4 nitrogen and oxygen atoms in total. The predicted octanol–water partition coefficient (Wildman–Crippen LogP) is 2.90. The minimum atomic E-state index is -0.293. The Morgan fingerprint density at radius 1 is 1.18 bits per heavy atom. The van der Waals surface area contributed by atoms with Crippen LogP contribution in [0, 0.1) is 13.8 Å². The van der Waals surface area contributed by atoms with Crippen molar-refractivity contribution in [1.82, 2.24) is 4.90 Å². The Kier molecular flexibility index (Phi) is 5.01. The molecule has 0 radical (unpaired) electrons. The summed E-state index contributed by atoms with van der Waals surface area (Å²) in [6, 6.07) is 5.70. The van der Waals surface area contributed by atoms with Gasteiger partial charge in [0.15, 0.2) is 5.78 Å². The fraction of sp³-hybridized carbons (Fsp3) is 0.556. The minimum Gasteiger partial charge on any atom is -0.377 e. The normalized spacial score (nSPS) is 17.4. The van der Waals surface area contributed by atoms with E-state index in [0.29, 0.717) is 25.3 Å². The van der Waals surface area contributed by atoms with E-state index >= 15 is 0 Å². The van der Waals surface area contributed by atoms with E-state index in [1.807, 2.05) is 50.8 Å². The lowest BCUT2D eigenvalue weighted by Crippen LogP contribution is -2.55. The average molecular weight is 303 g/mol. The topological polar surface area (TPSA) is 46.6 Å². The van der Waals surface area contributed by atoms with Crippen molar-refractivity contribution in [2.45, 2.75) is 46.1 Å². The molecule has 1 aliphatic rings. The molecule has 0 bridgehead atoms. The van der Waals surface area contributed by atoms with E-state index in [1.165, 1.54) is 5.56 Å². The van der Waals surface area contributed by atoms with E-state index in [9.17, 15) is 9.59 Å². The van der Waals surface area contributed by atoms with E-state index in [-0.39, 0.29) is 30.1 Å². The first kappa shape index (κ1) is 16.7. The van der Waals surface area contributed by atoms with E-state index < -0.39 is 0 Å². The number of rotatable bonds is 4. The molecule has 1 saturated heterocycles. The third-order valence-corrected chi connectivity index (χ3v) is 4.34. The van der Waals surface area contributed by atoms with Gasteiger partial charge in [-0.15, -0.1) is 0 Å².